The van der Waals surface area contributed by atoms with Crippen molar-refractivity contribution in [3.63, 3.8) is 0 Å². The maximum absolute atomic E-state index is 11.8. The zero-order valence-corrected chi connectivity index (χ0v) is 20.5. The third-order valence-electron chi connectivity index (χ3n) is 6.16. The number of rotatable bonds is 13. The maximum atomic E-state index is 11.8. The van der Waals surface area contributed by atoms with Crippen LogP contribution >= 0.6 is 0 Å². The highest BCUT2D eigenvalue weighted by molar-refractivity contribution is 5.91. The van der Waals surface area contributed by atoms with Crippen molar-refractivity contribution in [2.75, 3.05) is 19.7 Å². The highest BCUT2D eigenvalue weighted by atomic mass is 16.6. The number of hydrogen-bond acceptors (Lipinski definition) is 5. The Bertz CT molecular complexity index is 862. The average Bonchev–Trinajstić information content (AvgIpc) is 3.22. The minimum atomic E-state index is -0.538. The van der Waals surface area contributed by atoms with Crippen LogP contribution in [-0.4, -0.2) is 52.8 Å². The molecule has 6 nitrogen and oxygen atoms in total. The number of esters is 1. The lowest BCUT2D eigenvalue weighted by Crippen LogP contribution is -2.28. The highest BCUT2D eigenvalue weighted by Gasteiger charge is 2.31. The molecule has 6 heteroatoms. The molecule has 0 saturated carbocycles. The number of amides is 1. The molecule has 2 aliphatic rings. The fraction of sp³-hybridized carbons (Fsp3) is 0.556. The molecule has 2 aliphatic heterocycles. The van der Waals surface area contributed by atoms with Crippen molar-refractivity contribution in [3.8, 4) is 0 Å². The van der Waals surface area contributed by atoms with Gasteiger partial charge in [0.2, 0.25) is 5.91 Å². The van der Waals surface area contributed by atoms with E-state index in [9.17, 15) is 14.7 Å². The zero-order chi connectivity index (χ0) is 24.4. The Morgan fingerprint density at radius 3 is 2.73 bits per heavy atom. The number of hydrogen-bond donors (Lipinski definition) is 2. The largest absolute Gasteiger partial charge is 0.508 e. The van der Waals surface area contributed by atoms with Crippen LogP contribution in [0.25, 0.3) is 0 Å². The molecule has 2 rings (SSSR count). The van der Waals surface area contributed by atoms with Crippen LogP contribution in [0.2, 0.25) is 0 Å². The number of carbonyl (C=O) groups excluding carboxylic acids is 2. The molecular formula is C27H39NO5. The lowest BCUT2D eigenvalue weighted by molar-refractivity contribution is -0.140. The van der Waals surface area contributed by atoms with Gasteiger partial charge in [0.25, 0.3) is 0 Å². The summed E-state index contributed by atoms with van der Waals surface area (Å²) in [6.07, 6.45) is 15.3. The van der Waals surface area contributed by atoms with Gasteiger partial charge in [-0.2, -0.15) is 0 Å². The molecule has 1 amide bonds. The van der Waals surface area contributed by atoms with Crippen LogP contribution in [0.1, 0.15) is 66.2 Å². The number of β-amino-alcohol motifs (C(OH)–C–C–N with tert-alkyl or cyclic N) is 1. The van der Waals surface area contributed by atoms with Gasteiger partial charge in [-0.1, -0.05) is 42.4 Å². The molecule has 0 aromatic carbocycles. The summed E-state index contributed by atoms with van der Waals surface area (Å²) in [5.74, 6) is 0.0941. The number of ether oxygens (including phenoxy) is 1. The molecule has 0 radical (unpaired) electrons. The lowest BCUT2D eigenvalue weighted by Gasteiger charge is -2.14. The highest BCUT2D eigenvalue weighted by Crippen LogP contribution is 2.25. The van der Waals surface area contributed by atoms with E-state index in [-0.39, 0.29) is 18.3 Å². The lowest BCUT2D eigenvalue weighted by atomic mass is 10.0. The van der Waals surface area contributed by atoms with E-state index < -0.39 is 12.1 Å². The third kappa shape index (κ3) is 8.69. The van der Waals surface area contributed by atoms with Crippen LogP contribution in [-0.2, 0) is 14.3 Å². The van der Waals surface area contributed by atoms with Crippen molar-refractivity contribution >= 4 is 11.9 Å². The van der Waals surface area contributed by atoms with E-state index in [0.29, 0.717) is 31.0 Å². The van der Waals surface area contributed by atoms with E-state index in [1.165, 1.54) is 5.57 Å². The van der Waals surface area contributed by atoms with Crippen LogP contribution in [0.5, 0.6) is 0 Å². The number of allylic oxidation sites excluding steroid dienone is 5. The molecular weight excluding hydrogens is 418 g/mol. The van der Waals surface area contributed by atoms with Gasteiger partial charge in [-0.15, -0.1) is 0 Å². The van der Waals surface area contributed by atoms with Crippen LogP contribution < -0.4 is 0 Å². The van der Waals surface area contributed by atoms with Crippen LogP contribution in [0, 0.1) is 5.92 Å². The molecule has 0 unspecified atom stereocenters. The van der Waals surface area contributed by atoms with Gasteiger partial charge < -0.3 is 19.8 Å². The summed E-state index contributed by atoms with van der Waals surface area (Å²) in [4.78, 5) is 25.0. The van der Waals surface area contributed by atoms with Crippen molar-refractivity contribution in [2.45, 2.75) is 72.3 Å². The summed E-state index contributed by atoms with van der Waals surface area (Å²) in [7, 11) is 0. The number of cyclic esters (lactones) is 1. The Kier molecular flexibility index (Phi) is 10.7. The van der Waals surface area contributed by atoms with E-state index in [1.807, 2.05) is 6.92 Å². The molecule has 2 atom stereocenters. The number of aliphatic hydroxyl groups excluding tert-OH is 2. The SMILES string of the molecule is CC1=C(O)[C@@H](C/C(C)=C/CC[C@H](C)/C=C/C=C(\C)CCCC2=CC(=O)N(CCO)C2)OC1=O. The second-order valence-electron chi connectivity index (χ2n) is 9.25. The molecule has 2 heterocycles. The predicted octanol–water partition coefficient (Wildman–Crippen LogP) is 4.93. The van der Waals surface area contributed by atoms with E-state index >= 15 is 0 Å². The van der Waals surface area contributed by atoms with Gasteiger partial charge in [-0.3, -0.25) is 4.79 Å². The van der Waals surface area contributed by atoms with E-state index in [2.05, 4.69) is 38.2 Å². The summed E-state index contributed by atoms with van der Waals surface area (Å²) in [6.45, 7) is 8.99. The first-order valence-corrected chi connectivity index (χ1v) is 11.9. The Morgan fingerprint density at radius 1 is 1.30 bits per heavy atom. The molecule has 0 spiro atoms. The topological polar surface area (TPSA) is 87.1 Å². The summed E-state index contributed by atoms with van der Waals surface area (Å²) < 4.78 is 5.18. The summed E-state index contributed by atoms with van der Waals surface area (Å²) >= 11 is 0. The van der Waals surface area contributed by atoms with Gasteiger partial charge in [-0.05, 0) is 64.4 Å². The maximum Gasteiger partial charge on any atom is 0.338 e. The first kappa shape index (κ1) is 26.7. The first-order chi connectivity index (χ1) is 15.7. The zero-order valence-electron chi connectivity index (χ0n) is 20.5. The minimum absolute atomic E-state index is 0.00875. The van der Waals surface area contributed by atoms with Gasteiger partial charge in [0.05, 0.1) is 12.2 Å². The number of aliphatic hydroxyl groups is 2. The van der Waals surface area contributed by atoms with Crippen LogP contribution in [0.4, 0.5) is 0 Å². The molecule has 0 bridgehead atoms. The standard InChI is InChI=1S/C27H39NO5/c1-19(10-6-12-21(3)16-24-26(31)22(4)27(32)33-24)8-5-9-20(2)11-7-13-23-17-25(30)28(18-23)14-15-29/h5,8-9,12,17,19,24,29,31H,6-7,10-11,13-16,18H2,1-4H3/b8-5+,20-9+,21-12+/t19-,24-/m1/s1. The van der Waals surface area contributed by atoms with E-state index in [0.717, 1.165) is 43.3 Å². The minimum Gasteiger partial charge on any atom is -0.508 e. The van der Waals surface area contributed by atoms with Gasteiger partial charge >= 0.3 is 5.97 Å². The molecule has 33 heavy (non-hydrogen) atoms. The average molecular weight is 458 g/mol. The van der Waals surface area contributed by atoms with Crippen molar-refractivity contribution in [3.05, 3.63) is 58.4 Å². The molecule has 0 fully saturated rings. The second kappa shape index (κ2) is 13.2. The monoisotopic (exact) mass is 457 g/mol. The quantitative estimate of drug-likeness (QED) is 0.233. The summed E-state index contributed by atoms with van der Waals surface area (Å²) in [6, 6.07) is 0. The van der Waals surface area contributed by atoms with Crippen molar-refractivity contribution in [1.29, 1.82) is 0 Å². The molecule has 182 valence electrons. The fourth-order valence-electron chi connectivity index (χ4n) is 4.01. The second-order valence-corrected chi connectivity index (χ2v) is 9.25. The summed E-state index contributed by atoms with van der Waals surface area (Å²) in [5.41, 5.74) is 3.90. The van der Waals surface area contributed by atoms with E-state index in [1.54, 1.807) is 17.9 Å². The van der Waals surface area contributed by atoms with Crippen molar-refractivity contribution in [2.24, 2.45) is 5.92 Å². The number of carbonyl (C=O) groups is 2. The Balaban J connectivity index is 1.64. The number of nitrogens with zero attached hydrogens (tertiary/aromatic N) is 1. The Labute approximate surface area is 198 Å². The molecule has 0 aromatic heterocycles. The van der Waals surface area contributed by atoms with Gasteiger partial charge in [0.15, 0.2) is 6.10 Å². The summed E-state index contributed by atoms with van der Waals surface area (Å²) in [5, 5.41) is 18.9. The van der Waals surface area contributed by atoms with Gasteiger partial charge in [0.1, 0.15) is 5.76 Å². The molecule has 0 aliphatic carbocycles. The normalized spacial score (nSPS) is 20.8. The smallest absolute Gasteiger partial charge is 0.338 e. The molecule has 0 aromatic rings. The van der Waals surface area contributed by atoms with E-state index in [4.69, 9.17) is 9.84 Å². The van der Waals surface area contributed by atoms with Gasteiger partial charge in [0, 0.05) is 25.6 Å². The third-order valence-corrected chi connectivity index (χ3v) is 6.16. The molecule has 2 N–H and O–H groups in total. The fourth-order valence-corrected chi connectivity index (χ4v) is 4.01. The first-order valence-electron chi connectivity index (χ1n) is 11.9. The van der Waals surface area contributed by atoms with Crippen molar-refractivity contribution < 1.29 is 24.5 Å². The van der Waals surface area contributed by atoms with Crippen LogP contribution in [0.15, 0.2) is 58.4 Å². The molecule has 0 saturated heterocycles. The predicted molar refractivity (Wildman–Crippen MR) is 130 cm³/mol. The Morgan fingerprint density at radius 2 is 2.06 bits per heavy atom. The van der Waals surface area contributed by atoms with Crippen molar-refractivity contribution in [1.82, 2.24) is 4.90 Å². The Hall–Kier alpha value is -2.60. The van der Waals surface area contributed by atoms with Gasteiger partial charge in [-0.25, -0.2) is 4.79 Å². The van der Waals surface area contributed by atoms with Crippen LogP contribution in [0.3, 0.4) is 0 Å².